The highest BCUT2D eigenvalue weighted by Crippen LogP contribution is 2.70. The largest absolute Gasteiger partial charge is 0.481 e. The maximum absolute atomic E-state index is 13.1. The first-order chi connectivity index (χ1) is 18.5. The van der Waals surface area contributed by atoms with Gasteiger partial charge in [0, 0.05) is 49.1 Å². The van der Waals surface area contributed by atoms with Gasteiger partial charge in [-0.1, -0.05) is 70.0 Å². The van der Waals surface area contributed by atoms with Crippen LogP contribution in [-0.2, 0) is 15.9 Å². The van der Waals surface area contributed by atoms with E-state index >= 15 is 0 Å². The van der Waals surface area contributed by atoms with Crippen molar-refractivity contribution in [1.29, 1.82) is 0 Å². The number of nitrogens with zero attached hydrogens (tertiary/aromatic N) is 2. The molecule has 2 aromatic carbocycles. The Bertz CT molecular complexity index is 1260. The second kappa shape index (κ2) is 11.1. The van der Waals surface area contributed by atoms with E-state index in [9.17, 15) is 5.11 Å². The Balaban J connectivity index is 0.00000144. The van der Waals surface area contributed by atoms with Crippen LogP contribution in [0.2, 0.25) is 5.15 Å². The minimum atomic E-state index is -1.40. The van der Waals surface area contributed by atoms with Gasteiger partial charge in [-0.15, -0.1) is 0 Å². The van der Waals surface area contributed by atoms with E-state index in [1.807, 2.05) is 42.5 Å². The van der Waals surface area contributed by atoms with E-state index in [0.717, 1.165) is 42.2 Å². The minimum Gasteiger partial charge on any atom is -0.481 e. The first kappa shape index (κ1) is 27.4. The van der Waals surface area contributed by atoms with Crippen molar-refractivity contribution in [1.82, 2.24) is 9.88 Å². The number of aliphatic hydroxyl groups excluding tert-OH is 1. The smallest absolute Gasteiger partial charge is 0.224 e. The predicted molar refractivity (Wildman–Crippen MR) is 149 cm³/mol. The molecule has 1 aliphatic carbocycles. The van der Waals surface area contributed by atoms with Crippen LogP contribution < -0.4 is 9.47 Å². The monoisotopic (exact) mass is 602 g/mol. The lowest BCUT2D eigenvalue weighted by Gasteiger charge is -2.42. The number of fused-ring (bicyclic) bond motifs is 3. The third-order valence-electron chi connectivity index (χ3n) is 7.99. The number of aliphatic hydroxyl groups is 2. The van der Waals surface area contributed by atoms with Crippen molar-refractivity contribution in [2.24, 2.45) is 5.92 Å². The van der Waals surface area contributed by atoms with Gasteiger partial charge in [-0.3, -0.25) is 4.90 Å². The van der Waals surface area contributed by atoms with Gasteiger partial charge in [0.1, 0.15) is 16.5 Å². The molecule has 0 radical (unpaired) electrons. The molecule has 4 unspecified atom stereocenters. The summed E-state index contributed by atoms with van der Waals surface area (Å²) in [6.07, 6.45) is 0.735. The van der Waals surface area contributed by atoms with Gasteiger partial charge in [0.25, 0.3) is 0 Å². The highest BCUT2D eigenvalue weighted by Gasteiger charge is 2.73. The zero-order valence-electron chi connectivity index (χ0n) is 21.4. The SMILES string of the molecule is CO.COc1nc(Cl)cc2c1C1(O)C(CN3CCOCC3)CC(c3ccccc3)C1(c1ccc(Br)cc1)O2. The summed E-state index contributed by atoms with van der Waals surface area (Å²) >= 11 is 9.95. The maximum Gasteiger partial charge on any atom is 0.224 e. The Hall–Kier alpha value is -2.20. The van der Waals surface area contributed by atoms with Crippen LogP contribution in [0.3, 0.4) is 0 Å². The van der Waals surface area contributed by atoms with Crippen LogP contribution in [0.5, 0.6) is 11.6 Å². The molecular weight excluding hydrogens is 572 g/mol. The van der Waals surface area contributed by atoms with Crippen molar-refractivity contribution < 1.29 is 24.4 Å². The van der Waals surface area contributed by atoms with Gasteiger partial charge >= 0.3 is 0 Å². The summed E-state index contributed by atoms with van der Waals surface area (Å²) in [5, 5.41) is 20.4. The van der Waals surface area contributed by atoms with Crippen LogP contribution in [0.25, 0.3) is 0 Å². The lowest BCUT2D eigenvalue weighted by molar-refractivity contribution is -0.134. The molecule has 1 aromatic heterocycles. The van der Waals surface area contributed by atoms with Crippen LogP contribution >= 0.6 is 27.5 Å². The van der Waals surface area contributed by atoms with Crippen molar-refractivity contribution in [3.05, 3.63) is 87.0 Å². The fourth-order valence-corrected chi connectivity index (χ4v) is 6.93. The summed E-state index contributed by atoms with van der Waals surface area (Å²) in [4.78, 5) is 6.82. The lowest BCUT2D eigenvalue weighted by Crippen LogP contribution is -2.53. The van der Waals surface area contributed by atoms with Crippen molar-refractivity contribution in [3.63, 3.8) is 0 Å². The van der Waals surface area contributed by atoms with Crippen molar-refractivity contribution in [3.8, 4) is 11.6 Å². The molecule has 0 amide bonds. The Labute approximate surface area is 236 Å². The Kier molecular flexibility index (Phi) is 8.01. The van der Waals surface area contributed by atoms with Crippen molar-refractivity contribution >= 4 is 27.5 Å². The number of morpholine rings is 1. The Morgan fingerprint density at radius 1 is 1.11 bits per heavy atom. The molecule has 38 heavy (non-hydrogen) atoms. The first-order valence-corrected chi connectivity index (χ1v) is 13.9. The number of benzene rings is 2. The summed E-state index contributed by atoms with van der Waals surface area (Å²) in [7, 11) is 2.56. The van der Waals surface area contributed by atoms with Gasteiger partial charge in [-0.05, 0) is 29.7 Å². The number of pyridine rings is 1. The number of methoxy groups -OCH3 is 1. The lowest BCUT2D eigenvalue weighted by atomic mass is 9.70. The van der Waals surface area contributed by atoms with Crippen LogP contribution in [0.15, 0.2) is 65.1 Å². The molecule has 7 nitrogen and oxygen atoms in total. The third-order valence-corrected chi connectivity index (χ3v) is 8.71. The van der Waals surface area contributed by atoms with Crippen molar-refractivity contribution in [2.75, 3.05) is 47.1 Å². The second-order valence-electron chi connectivity index (χ2n) is 9.75. The summed E-state index contributed by atoms with van der Waals surface area (Å²) in [6, 6.07) is 20.1. The van der Waals surface area contributed by atoms with E-state index in [2.05, 4.69) is 37.9 Å². The molecule has 2 fully saturated rings. The van der Waals surface area contributed by atoms with E-state index < -0.39 is 11.2 Å². The molecule has 0 bridgehead atoms. The van der Waals surface area contributed by atoms with E-state index in [-0.39, 0.29) is 17.0 Å². The molecule has 9 heteroatoms. The number of halogens is 2. The van der Waals surface area contributed by atoms with Gasteiger partial charge < -0.3 is 24.4 Å². The van der Waals surface area contributed by atoms with Gasteiger partial charge in [0.15, 0.2) is 5.60 Å². The minimum absolute atomic E-state index is 0.119. The fraction of sp³-hybridized carbons (Fsp3) is 0.414. The molecule has 3 heterocycles. The fourth-order valence-electron chi connectivity index (χ4n) is 6.49. The third kappa shape index (κ3) is 4.31. The van der Waals surface area contributed by atoms with Crippen LogP contribution in [0.1, 0.15) is 29.0 Å². The average molecular weight is 604 g/mol. The molecule has 2 aliphatic heterocycles. The molecule has 3 aromatic rings. The number of hydrogen-bond acceptors (Lipinski definition) is 7. The van der Waals surface area contributed by atoms with E-state index in [1.165, 1.54) is 0 Å². The molecule has 4 atom stereocenters. The summed E-state index contributed by atoms with van der Waals surface area (Å²) in [5.41, 5.74) is 0.107. The number of aromatic nitrogens is 1. The molecule has 1 saturated heterocycles. The maximum atomic E-state index is 13.1. The van der Waals surface area contributed by atoms with Crippen LogP contribution in [0, 0.1) is 5.92 Å². The van der Waals surface area contributed by atoms with Crippen LogP contribution in [-0.4, -0.2) is 67.2 Å². The summed E-state index contributed by atoms with van der Waals surface area (Å²) in [5.74, 6) is 0.555. The molecule has 3 aliphatic rings. The highest BCUT2D eigenvalue weighted by molar-refractivity contribution is 9.10. The Morgan fingerprint density at radius 3 is 2.45 bits per heavy atom. The summed E-state index contributed by atoms with van der Waals surface area (Å²) in [6.45, 7) is 3.75. The Morgan fingerprint density at radius 2 is 1.79 bits per heavy atom. The molecule has 6 rings (SSSR count). The number of rotatable bonds is 5. The first-order valence-electron chi connectivity index (χ1n) is 12.7. The second-order valence-corrected chi connectivity index (χ2v) is 11.1. The molecule has 1 saturated carbocycles. The van der Waals surface area contributed by atoms with Crippen molar-refractivity contribution in [2.45, 2.75) is 23.5 Å². The van der Waals surface area contributed by atoms with E-state index in [4.69, 9.17) is 30.9 Å². The van der Waals surface area contributed by atoms with E-state index in [0.29, 0.717) is 37.0 Å². The van der Waals surface area contributed by atoms with E-state index in [1.54, 1.807) is 13.2 Å². The zero-order valence-corrected chi connectivity index (χ0v) is 23.8. The molecule has 0 spiro atoms. The topological polar surface area (TPSA) is 84.3 Å². The molecule has 2 N–H and O–H groups in total. The van der Waals surface area contributed by atoms with Gasteiger partial charge in [0.05, 0.1) is 25.9 Å². The standard InChI is InChI=1S/C28H28BrClN2O4.CH4O/c1-34-26-25-23(16-24(30)31-26)36-28(19-7-9-21(29)10-8-19)22(18-5-3-2-4-6-18)15-20(27(25,28)33)17-32-11-13-35-14-12-32;1-2/h2-10,16,20,22,33H,11-15,17H2,1H3;2H,1H3. The zero-order chi connectivity index (χ0) is 26.9. The van der Waals surface area contributed by atoms with Gasteiger partial charge in [-0.25, -0.2) is 4.98 Å². The van der Waals surface area contributed by atoms with Gasteiger partial charge in [0.2, 0.25) is 5.88 Å². The highest BCUT2D eigenvalue weighted by atomic mass is 79.9. The molecule has 202 valence electrons. The predicted octanol–water partition coefficient (Wildman–Crippen LogP) is 4.73. The number of ether oxygens (including phenoxy) is 3. The van der Waals surface area contributed by atoms with Crippen LogP contribution in [0.4, 0.5) is 0 Å². The summed E-state index contributed by atoms with van der Waals surface area (Å²) < 4.78 is 19.2. The quantitative estimate of drug-likeness (QED) is 0.408. The van der Waals surface area contributed by atoms with Gasteiger partial charge in [-0.2, -0.15) is 0 Å². The molecular formula is C29H32BrClN2O5. The average Bonchev–Trinajstić information content (AvgIpc) is 3.35. The number of hydrogen-bond donors (Lipinski definition) is 2. The normalized spacial score (nSPS) is 28.1.